The fourth-order valence-electron chi connectivity index (χ4n) is 2.04. The van der Waals surface area contributed by atoms with E-state index in [9.17, 15) is 4.79 Å². The molecule has 3 nitrogen and oxygen atoms in total. The monoisotopic (exact) mass is 284 g/mol. The third kappa shape index (κ3) is 3.63. The Morgan fingerprint density at radius 2 is 1.67 bits per heavy atom. The molecule has 0 aliphatic heterocycles. The van der Waals surface area contributed by atoms with Gasteiger partial charge in [0, 0.05) is 5.56 Å². The van der Waals surface area contributed by atoms with E-state index in [-0.39, 0.29) is 11.4 Å². The molecule has 0 unspecified atom stereocenters. The molecule has 0 saturated heterocycles. The van der Waals surface area contributed by atoms with E-state index in [0.717, 1.165) is 11.3 Å². The van der Waals surface area contributed by atoms with Crippen LogP contribution in [0.15, 0.2) is 48.5 Å². The Balaban J connectivity index is 2.34. The molecule has 0 N–H and O–H groups in total. The molecule has 0 bridgehead atoms. The van der Waals surface area contributed by atoms with E-state index in [1.807, 2.05) is 24.3 Å². The van der Waals surface area contributed by atoms with E-state index in [2.05, 4.69) is 20.8 Å². The molecule has 0 heterocycles. The molecule has 0 fully saturated rings. The van der Waals surface area contributed by atoms with Crippen LogP contribution in [-0.2, 0) is 5.41 Å². The minimum Gasteiger partial charge on any atom is -0.497 e. The molecule has 0 aliphatic rings. The van der Waals surface area contributed by atoms with Gasteiger partial charge in [0.15, 0.2) is 0 Å². The predicted octanol–water partition coefficient (Wildman–Crippen LogP) is 4.21. The fourth-order valence-corrected chi connectivity index (χ4v) is 2.04. The molecule has 110 valence electrons. The van der Waals surface area contributed by atoms with E-state index in [1.165, 1.54) is 0 Å². The Labute approximate surface area is 125 Å². The second-order valence-electron chi connectivity index (χ2n) is 5.87. The lowest BCUT2D eigenvalue weighted by Crippen LogP contribution is -2.16. The van der Waals surface area contributed by atoms with Crippen LogP contribution in [0.5, 0.6) is 11.5 Å². The van der Waals surface area contributed by atoms with E-state index in [0.29, 0.717) is 11.3 Å². The second kappa shape index (κ2) is 6.00. The molecular formula is C18H20O3. The topological polar surface area (TPSA) is 35.5 Å². The molecule has 3 heteroatoms. The molecule has 2 rings (SSSR count). The van der Waals surface area contributed by atoms with Gasteiger partial charge in [-0.3, -0.25) is 0 Å². The Bertz CT molecular complexity index is 625. The second-order valence-corrected chi connectivity index (χ2v) is 5.87. The van der Waals surface area contributed by atoms with Gasteiger partial charge in [0.05, 0.1) is 12.7 Å². The zero-order valence-corrected chi connectivity index (χ0v) is 12.8. The maximum absolute atomic E-state index is 12.2. The first-order valence-electron chi connectivity index (χ1n) is 6.87. The highest BCUT2D eigenvalue weighted by Gasteiger charge is 2.22. The zero-order valence-electron chi connectivity index (χ0n) is 12.8. The fraction of sp³-hybridized carbons (Fsp3) is 0.278. The number of esters is 1. The standard InChI is InChI=1S/C18H20O3/c1-18(2,3)15-12-14(20-4)10-11-16(15)21-17(19)13-8-6-5-7-9-13/h5-12H,1-4H3. The minimum atomic E-state index is -0.355. The SMILES string of the molecule is COc1ccc(OC(=O)c2ccccc2)c(C(C)(C)C)c1. The van der Waals surface area contributed by atoms with Crippen molar-refractivity contribution in [3.8, 4) is 11.5 Å². The Morgan fingerprint density at radius 1 is 1.00 bits per heavy atom. The molecule has 2 aromatic carbocycles. The van der Waals surface area contributed by atoms with Crippen molar-refractivity contribution < 1.29 is 14.3 Å². The highest BCUT2D eigenvalue weighted by Crippen LogP contribution is 2.34. The van der Waals surface area contributed by atoms with Crippen LogP contribution in [0.25, 0.3) is 0 Å². The zero-order chi connectivity index (χ0) is 15.5. The van der Waals surface area contributed by atoms with Crippen LogP contribution < -0.4 is 9.47 Å². The normalized spacial score (nSPS) is 11.0. The smallest absolute Gasteiger partial charge is 0.343 e. The third-order valence-electron chi connectivity index (χ3n) is 3.21. The van der Waals surface area contributed by atoms with Gasteiger partial charge in [0.2, 0.25) is 0 Å². The van der Waals surface area contributed by atoms with Crippen molar-refractivity contribution in [1.82, 2.24) is 0 Å². The van der Waals surface area contributed by atoms with E-state index >= 15 is 0 Å². The minimum absolute atomic E-state index is 0.152. The number of carbonyl (C=O) groups excluding carboxylic acids is 1. The summed E-state index contributed by atoms with van der Waals surface area (Å²) in [7, 11) is 1.62. The number of methoxy groups -OCH3 is 1. The van der Waals surface area contributed by atoms with E-state index in [4.69, 9.17) is 9.47 Å². The summed E-state index contributed by atoms with van der Waals surface area (Å²) in [6, 6.07) is 14.5. The average molecular weight is 284 g/mol. The summed E-state index contributed by atoms with van der Waals surface area (Å²) in [4.78, 5) is 12.2. The number of hydrogen-bond acceptors (Lipinski definition) is 3. The predicted molar refractivity (Wildman–Crippen MR) is 83.1 cm³/mol. The summed E-state index contributed by atoms with van der Waals surface area (Å²) >= 11 is 0. The number of carbonyl (C=O) groups is 1. The number of hydrogen-bond donors (Lipinski definition) is 0. The van der Waals surface area contributed by atoms with Gasteiger partial charge < -0.3 is 9.47 Å². The Kier molecular flexibility index (Phi) is 4.32. The van der Waals surface area contributed by atoms with Crippen LogP contribution in [0.1, 0.15) is 36.7 Å². The molecule has 0 radical (unpaired) electrons. The molecule has 21 heavy (non-hydrogen) atoms. The Hall–Kier alpha value is -2.29. The summed E-state index contributed by atoms with van der Waals surface area (Å²) in [5, 5.41) is 0. The molecular weight excluding hydrogens is 264 g/mol. The molecule has 0 spiro atoms. The quantitative estimate of drug-likeness (QED) is 0.625. The van der Waals surface area contributed by atoms with Gasteiger partial charge in [-0.05, 0) is 35.7 Å². The summed E-state index contributed by atoms with van der Waals surface area (Å²) in [6.07, 6.45) is 0. The number of benzene rings is 2. The average Bonchev–Trinajstić information content (AvgIpc) is 2.47. The molecule has 2 aromatic rings. The van der Waals surface area contributed by atoms with E-state index < -0.39 is 0 Å². The van der Waals surface area contributed by atoms with Gasteiger partial charge in [-0.1, -0.05) is 39.0 Å². The molecule has 0 atom stereocenters. The first-order chi connectivity index (χ1) is 9.91. The van der Waals surface area contributed by atoms with Crippen molar-refractivity contribution >= 4 is 5.97 Å². The summed E-state index contributed by atoms with van der Waals surface area (Å²) in [5.74, 6) is 0.961. The molecule has 0 aromatic heterocycles. The van der Waals surface area contributed by atoms with Crippen LogP contribution in [0.2, 0.25) is 0 Å². The van der Waals surface area contributed by atoms with Crippen molar-refractivity contribution in [3.05, 3.63) is 59.7 Å². The van der Waals surface area contributed by atoms with Gasteiger partial charge in [-0.2, -0.15) is 0 Å². The lowest BCUT2D eigenvalue weighted by molar-refractivity contribution is 0.0731. The van der Waals surface area contributed by atoms with Gasteiger partial charge >= 0.3 is 5.97 Å². The van der Waals surface area contributed by atoms with Crippen molar-refractivity contribution in [2.75, 3.05) is 7.11 Å². The Morgan fingerprint density at radius 3 is 2.24 bits per heavy atom. The van der Waals surface area contributed by atoms with Gasteiger partial charge in [0.25, 0.3) is 0 Å². The summed E-state index contributed by atoms with van der Waals surface area (Å²) in [6.45, 7) is 6.21. The van der Waals surface area contributed by atoms with E-state index in [1.54, 1.807) is 31.4 Å². The van der Waals surface area contributed by atoms with Gasteiger partial charge in [-0.15, -0.1) is 0 Å². The van der Waals surface area contributed by atoms with Crippen LogP contribution >= 0.6 is 0 Å². The van der Waals surface area contributed by atoms with Crippen molar-refractivity contribution in [2.24, 2.45) is 0 Å². The van der Waals surface area contributed by atoms with Crippen LogP contribution in [-0.4, -0.2) is 13.1 Å². The van der Waals surface area contributed by atoms with Gasteiger partial charge in [-0.25, -0.2) is 4.79 Å². The van der Waals surface area contributed by atoms with Gasteiger partial charge in [0.1, 0.15) is 11.5 Å². The first kappa shape index (κ1) is 15.1. The number of rotatable bonds is 3. The molecule has 0 aliphatic carbocycles. The highest BCUT2D eigenvalue weighted by atomic mass is 16.5. The highest BCUT2D eigenvalue weighted by molar-refractivity contribution is 5.91. The van der Waals surface area contributed by atoms with Crippen molar-refractivity contribution in [2.45, 2.75) is 26.2 Å². The molecule has 0 saturated carbocycles. The maximum atomic E-state index is 12.2. The lowest BCUT2D eigenvalue weighted by atomic mass is 9.86. The van der Waals surface area contributed by atoms with Crippen LogP contribution in [0, 0.1) is 0 Å². The maximum Gasteiger partial charge on any atom is 0.343 e. The lowest BCUT2D eigenvalue weighted by Gasteiger charge is -2.23. The largest absolute Gasteiger partial charge is 0.497 e. The summed E-state index contributed by atoms with van der Waals surface area (Å²) < 4.78 is 10.8. The first-order valence-corrected chi connectivity index (χ1v) is 6.87. The molecule has 0 amide bonds. The summed E-state index contributed by atoms with van der Waals surface area (Å²) in [5.41, 5.74) is 1.32. The van der Waals surface area contributed by atoms with Crippen LogP contribution in [0.3, 0.4) is 0 Å². The van der Waals surface area contributed by atoms with Crippen LogP contribution in [0.4, 0.5) is 0 Å². The van der Waals surface area contributed by atoms with Crippen molar-refractivity contribution in [3.63, 3.8) is 0 Å². The van der Waals surface area contributed by atoms with Crippen molar-refractivity contribution in [1.29, 1.82) is 0 Å². The third-order valence-corrected chi connectivity index (χ3v) is 3.21. The number of ether oxygens (including phenoxy) is 2.